The van der Waals surface area contributed by atoms with Crippen LogP contribution in [0.2, 0.25) is 0 Å². The number of methoxy groups -OCH3 is 1. The van der Waals surface area contributed by atoms with E-state index in [0.717, 1.165) is 11.3 Å². The molecule has 34 heavy (non-hydrogen) atoms. The lowest BCUT2D eigenvalue weighted by Gasteiger charge is -2.21. The number of aromatic carboxylic acids is 1. The number of fused-ring (bicyclic) bond motifs is 1. The van der Waals surface area contributed by atoms with Crippen LogP contribution in [0.25, 0.3) is 16.0 Å². The predicted octanol–water partition coefficient (Wildman–Crippen LogP) is 4.69. The van der Waals surface area contributed by atoms with E-state index >= 15 is 0 Å². The van der Waals surface area contributed by atoms with Gasteiger partial charge in [-0.25, -0.2) is 9.78 Å². The van der Waals surface area contributed by atoms with Gasteiger partial charge in [-0.05, 0) is 53.9 Å². The number of nitrogens with zero attached hydrogens (tertiary/aromatic N) is 2. The number of anilines is 1. The summed E-state index contributed by atoms with van der Waals surface area (Å²) in [5.41, 5.74) is 0.935. The predicted molar refractivity (Wildman–Crippen MR) is 129 cm³/mol. The molecule has 1 aliphatic heterocycles. The van der Waals surface area contributed by atoms with Crippen LogP contribution >= 0.6 is 22.7 Å². The number of amides is 1. The van der Waals surface area contributed by atoms with Gasteiger partial charge in [0.05, 0.1) is 28.5 Å². The van der Waals surface area contributed by atoms with Gasteiger partial charge in [0.2, 0.25) is 0 Å². The smallest absolute Gasteiger partial charge is 0.335 e. The first kappa shape index (κ1) is 21.8. The van der Waals surface area contributed by atoms with E-state index in [1.165, 1.54) is 35.5 Å². The van der Waals surface area contributed by atoms with Crippen molar-refractivity contribution in [1.82, 2.24) is 4.98 Å². The standard InChI is InChI=1S/C24H16N2O6S2/c1-32-14-7-4-12(5-8-14)20(27)18-19(16-3-2-10-33-16)26(22(29)21(18)28)24-25-15-9-6-13(23(30)31)11-17(15)34-24/h2-11,19,27H,1H3,(H,30,31)/b20-18+. The molecule has 0 spiro atoms. The lowest BCUT2D eigenvalue weighted by molar-refractivity contribution is -0.132. The van der Waals surface area contributed by atoms with E-state index in [-0.39, 0.29) is 22.0 Å². The average molecular weight is 493 g/mol. The Hall–Kier alpha value is -4.02. The van der Waals surface area contributed by atoms with Crippen molar-refractivity contribution < 1.29 is 29.3 Å². The topological polar surface area (TPSA) is 117 Å². The Morgan fingerprint density at radius 2 is 1.79 bits per heavy atom. The molecule has 2 N–H and O–H groups in total. The molecule has 5 rings (SSSR count). The number of hydrogen-bond acceptors (Lipinski definition) is 8. The van der Waals surface area contributed by atoms with Gasteiger partial charge in [0.1, 0.15) is 17.6 Å². The fourth-order valence-electron chi connectivity index (χ4n) is 3.80. The molecule has 8 nitrogen and oxygen atoms in total. The monoisotopic (exact) mass is 492 g/mol. The summed E-state index contributed by atoms with van der Waals surface area (Å²) in [6, 6.07) is 13.7. The third-order valence-electron chi connectivity index (χ3n) is 5.45. The van der Waals surface area contributed by atoms with Gasteiger partial charge >= 0.3 is 11.9 Å². The second-order valence-electron chi connectivity index (χ2n) is 7.40. The Bertz CT molecular complexity index is 1470. The van der Waals surface area contributed by atoms with Gasteiger partial charge < -0.3 is 14.9 Å². The van der Waals surface area contributed by atoms with Gasteiger partial charge in [0.25, 0.3) is 5.78 Å². The van der Waals surface area contributed by atoms with Crippen LogP contribution in [0, 0.1) is 0 Å². The maximum absolute atomic E-state index is 13.2. The zero-order chi connectivity index (χ0) is 24.0. The van der Waals surface area contributed by atoms with Crippen molar-refractivity contribution in [2.45, 2.75) is 6.04 Å². The maximum atomic E-state index is 13.2. The van der Waals surface area contributed by atoms with Crippen LogP contribution in [-0.4, -0.2) is 40.0 Å². The zero-order valence-corrected chi connectivity index (χ0v) is 19.2. The van der Waals surface area contributed by atoms with Gasteiger partial charge in [-0.15, -0.1) is 11.3 Å². The van der Waals surface area contributed by atoms with Crippen LogP contribution in [-0.2, 0) is 9.59 Å². The van der Waals surface area contributed by atoms with E-state index in [9.17, 15) is 24.6 Å². The molecular weight excluding hydrogens is 476 g/mol. The number of aromatic nitrogens is 1. The Morgan fingerprint density at radius 3 is 2.44 bits per heavy atom. The molecule has 2 aromatic heterocycles. The van der Waals surface area contributed by atoms with Gasteiger partial charge in [-0.2, -0.15) is 0 Å². The SMILES string of the molecule is COc1ccc(/C(O)=C2\C(=O)C(=O)N(c3nc4ccc(C(=O)O)cc4s3)C2c2cccs2)cc1. The van der Waals surface area contributed by atoms with E-state index in [1.54, 1.807) is 42.5 Å². The van der Waals surface area contributed by atoms with Crippen molar-refractivity contribution in [3.8, 4) is 5.75 Å². The molecule has 2 aromatic carbocycles. The molecule has 0 radical (unpaired) electrons. The highest BCUT2D eigenvalue weighted by atomic mass is 32.1. The van der Waals surface area contributed by atoms with E-state index in [1.807, 2.05) is 5.38 Å². The van der Waals surface area contributed by atoms with Crippen molar-refractivity contribution in [3.63, 3.8) is 0 Å². The summed E-state index contributed by atoms with van der Waals surface area (Å²) in [5.74, 6) is -2.42. The minimum absolute atomic E-state index is 0.0388. The number of carbonyl (C=O) groups excluding carboxylic acids is 2. The molecule has 1 unspecified atom stereocenters. The summed E-state index contributed by atoms with van der Waals surface area (Å²) in [6.45, 7) is 0. The normalized spacial score (nSPS) is 17.4. The van der Waals surface area contributed by atoms with E-state index in [0.29, 0.717) is 26.4 Å². The molecule has 10 heteroatoms. The number of Topliss-reactive ketones (excluding diaryl/α,β-unsaturated/α-hetero) is 1. The number of hydrogen-bond donors (Lipinski definition) is 2. The third kappa shape index (κ3) is 3.53. The Labute approximate surface area is 201 Å². The number of aliphatic hydroxyl groups is 1. The van der Waals surface area contributed by atoms with Gasteiger partial charge in [0.15, 0.2) is 5.13 Å². The van der Waals surface area contributed by atoms with Crippen molar-refractivity contribution in [2.24, 2.45) is 0 Å². The van der Waals surface area contributed by atoms with Crippen LogP contribution in [0.1, 0.15) is 26.8 Å². The molecule has 3 heterocycles. The Kier molecular flexibility index (Phi) is 5.39. The minimum Gasteiger partial charge on any atom is -0.507 e. The number of aliphatic hydroxyl groups excluding tert-OH is 1. The number of ether oxygens (including phenoxy) is 1. The van der Waals surface area contributed by atoms with Gasteiger partial charge in [0, 0.05) is 10.4 Å². The molecule has 1 aliphatic rings. The molecular formula is C24H16N2O6S2. The van der Waals surface area contributed by atoms with Crippen molar-refractivity contribution >= 4 is 61.4 Å². The number of rotatable bonds is 5. The largest absolute Gasteiger partial charge is 0.507 e. The van der Waals surface area contributed by atoms with Crippen LogP contribution < -0.4 is 9.64 Å². The first-order valence-electron chi connectivity index (χ1n) is 10.0. The minimum atomic E-state index is -1.07. The molecule has 0 bridgehead atoms. The maximum Gasteiger partial charge on any atom is 0.335 e. The van der Waals surface area contributed by atoms with Crippen LogP contribution in [0.5, 0.6) is 5.75 Å². The lowest BCUT2D eigenvalue weighted by atomic mass is 10.00. The summed E-state index contributed by atoms with van der Waals surface area (Å²) in [4.78, 5) is 44.1. The lowest BCUT2D eigenvalue weighted by Crippen LogP contribution is -2.28. The summed E-state index contributed by atoms with van der Waals surface area (Å²) in [6.07, 6.45) is 0. The number of carboxylic acid groups (broad SMARTS) is 1. The highest BCUT2D eigenvalue weighted by Gasteiger charge is 2.48. The highest BCUT2D eigenvalue weighted by molar-refractivity contribution is 7.22. The molecule has 0 saturated carbocycles. The van der Waals surface area contributed by atoms with E-state index < -0.39 is 23.7 Å². The molecule has 0 aliphatic carbocycles. The number of carbonyl (C=O) groups is 3. The number of ketones is 1. The van der Waals surface area contributed by atoms with Gasteiger partial charge in [-0.1, -0.05) is 17.4 Å². The molecule has 1 fully saturated rings. The summed E-state index contributed by atoms with van der Waals surface area (Å²) in [7, 11) is 1.52. The summed E-state index contributed by atoms with van der Waals surface area (Å²) < 4.78 is 5.72. The second-order valence-corrected chi connectivity index (χ2v) is 9.39. The van der Waals surface area contributed by atoms with Crippen LogP contribution in [0.3, 0.4) is 0 Å². The molecule has 1 saturated heterocycles. The molecule has 1 atom stereocenters. The average Bonchev–Trinajstić information content (AvgIpc) is 3.57. The first-order valence-corrected chi connectivity index (χ1v) is 11.7. The van der Waals surface area contributed by atoms with Crippen LogP contribution in [0.4, 0.5) is 5.13 Å². The van der Waals surface area contributed by atoms with Crippen LogP contribution in [0.15, 0.2) is 65.6 Å². The van der Waals surface area contributed by atoms with Crippen molar-refractivity contribution in [2.75, 3.05) is 12.0 Å². The third-order valence-corrected chi connectivity index (χ3v) is 7.39. The Balaban J connectivity index is 1.67. The molecule has 4 aromatic rings. The fraction of sp³-hybridized carbons (Fsp3) is 0.0833. The molecule has 170 valence electrons. The van der Waals surface area contributed by atoms with E-state index in [4.69, 9.17) is 4.74 Å². The summed E-state index contributed by atoms with van der Waals surface area (Å²) in [5, 5.41) is 22.4. The van der Waals surface area contributed by atoms with Gasteiger partial charge in [-0.3, -0.25) is 14.5 Å². The number of thiazole rings is 1. The molecule has 1 amide bonds. The zero-order valence-electron chi connectivity index (χ0n) is 17.6. The van der Waals surface area contributed by atoms with Crippen molar-refractivity contribution in [1.29, 1.82) is 0 Å². The number of benzene rings is 2. The van der Waals surface area contributed by atoms with E-state index in [2.05, 4.69) is 4.98 Å². The highest BCUT2D eigenvalue weighted by Crippen LogP contribution is 2.45. The fourth-order valence-corrected chi connectivity index (χ4v) is 5.65. The number of carboxylic acids is 1. The summed E-state index contributed by atoms with van der Waals surface area (Å²) >= 11 is 2.46. The van der Waals surface area contributed by atoms with Crippen molar-refractivity contribution in [3.05, 3.63) is 81.6 Å². The first-order chi connectivity index (χ1) is 16.4. The quantitative estimate of drug-likeness (QED) is 0.236. The number of thiophene rings is 1. The second kappa shape index (κ2) is 8.40. The Morgan fingerprint density at radius 1 is 1.06 bits per heavy atom.